The number of thiophene rings is 1. The zero-order valence-electron chi connectivity index (χ0n) is 17.1. The Morgan fingerprint density at radius 3 is 2.61 bits per heavy atom. The average molecular weight is 532 g/mol. The molecule has 0 atom stereocenters. The summed E-state index contributed by atoms with van der Waals surface area (Å²) < 4.78 is 36.8. The molecule has 0 bridgehead atoms. The number of benzene rings is 1. The molecule has 1 aliphatic heterocycles. The number of hydrogen-bond donors (Lipinski definition) is 2. The number of anilines is 2. The Bertz CT molecular complexity index is 1100. The summed E-state index contributed by atoms with van der Waals surface area (Å²) in [6.07, 6.45) is -0.751. The number of sulfonamides is 1. The molecule has 168 valence electrons. The topological polar surface area (TPSA) is 114 Å². The first-order valence-corrected chi connectivity index (χ1v) is 12.5. The highest BCUT2D eigenvalue weighted by molar-refractivity contribution is 9.11. The maximum Gasteiger partial charge on any atom is 0.414 e. The van der Waals surface area contributed by atoms with Crippen LogP contribution in [0.5, 0.6) is 5.06 Å². The summed E-state index contributed by atoms with van der Waals surface area (Å²) in [6, 6.07) is 8.31. The van der Waals surface area contributed by atoms with E-state index in [1.807, 2.05) is 0 Å². The molecule has 1 aromatic carbocycles. The monoisotopic (exact) mass is 531 g/mol. The summed E-state index contributed by atoms with van der Waals surface area (Å²) in [5.41, 5.74) is 0.425. The highest BCUT2D eigenvalue weighted by Crippen LogP contribution is 2.29. The third-order valence-corrected chi connectivity index (χ3v) is 7.47. The van der Waals surface area contributed by atoms with Gasteiger partial charge in [0.2, 0.25) is 5.91 Å². The van der Waals surface area contributed by atoms with Crippen molar-refractivity contribution in [3.05, 3.63) is 39.7 Å². The maximum absolute atomic E-state index is 12.7. The highest BCUT2D eigenvalue weighted by Gasteiger charge is 2.31. The van der Waals surface area contributed by atoms with Gasteiger partial charge in [0.1, 0.15) is 5.54 Å². The minimum Gasteiger partial charge on any atom is -0.399 e. The number of carbonyl (C=O) groups excluding carboxylic acids is 2. The third kappa shape index (κ3) is 5.76. The molecule has 2 amide bonds. The maximum atomic E-state index is 12.7. The minimum atomic E-state index is -3.54. The predicted molar refractivity (Wildman–Crippen MR) is 122 cm³/mol. The van der Waals surface area contributed by atoms with Gasteiger partial charge in [0.25, 0.3) is 10.0 Å². The number of ether oxygens (including phenoxy) is 2. The number of halogens is 1. The van der Waals surface area contributed by atoms with E-state index in [2.05, 4.69) is 26.6 Å². The van der Waals surface area contributed by atoms with Crippen molar-refractivity contribution in [3.8, 4) is 5.06 Å². The van der Waals surface area contributed by atoms with E-state index < -0.39 is 27.6 Å². The normalized spacial score (nSPS) is 15.9. The van der Waals surface area contributed by atoms with Gasteiger partial charge in [-0.25, -0.2) is 13.2 Å². The fourth-order valence-corrected chi connectivity index (χ4v) is 5.37. The van der Waals surface area contributed by atoms with Crippen molar-refractivity contribution in [1.82, 2.24) is 5.32 Å². The van der Waals surface area contributed by atoms with E-state index in [-0.39, 0.29) is 12.5 Å². The third-order valence-electron chi connectivity index (χ3n) is 4.45. The molecule has 1 aromatic heterocycles. The summed E-state index contributed by atoms with van der Waals surface area (Å²) in [6.45, 7) is 5.41. The lowest BCUT2D eigenvalue weighted by Gasteiger charge is -2.30. The molecule has 0 aliphatic carbocycles. The van der Waals surface area contributed by atoms with Gasteiger partial charge >= 0.3 is 6.09 Å². The van der Waals surface area contributed by atoms with Crippen LogP contribution in [0.4, 0.5) is 16.2 Å². The molecule has 0 saturated carbocycles. The molecule has 2 aromatic rings. The van der Waals surface area contributed by atoms with E-state index in [0.29, 0.717) is 28.6 Å². The Morgan fingerprint density at radius 2 is 2.00 bits per heavy atom. The Balaban J connectivity index is 1.66. The van der Waals surface area contributed by atoms with Crippen LogP contribution in [0.15, 0.2) is 34.1 Å². The Hall–Kier alpha value is -2.15. The van der Waals surface area contributed by atoms with E-state index in [4.69, 9.17) is 9.47 Å². The molecule has 1 aliphatic rings. The molecule has 3 rings (SSSR count). The van der Waals surface area contributed by atoms with Crippen LogP contribution in [0.25, 0.3) is 0 Å². The first-order chi connectivity index (χ1) is 14.5. The van der Waals surface area contributed by atoms with Crippen LogP contribution < -0.4 is 19.7 Å². The molecule has 2 heterocycles. The van der Waals surface area contributed by atoms with Gasteiger partial charge in [-0.2, -0.15) is 0 Å². The SMILES string of the molecule is Cc1cc(NC(=O)C(C)(C)NC(=O)Oc2ccc(Br)s2)ccc1N1CCOCS1(=O)=O. The van der Waals surface area contributed by atoms with Gasteiger partial charge in [0.05, 0.1) is 22.6 Å². The number of amides is 2. The first-order valence-electron chi connectivity index (χ1n) is 9.23. The quantitative estimate of drug-likeness (QED) is 0.610. The van der Waals surface area contributed by atoms with Crippen molar-refractivity contribution < 1.29 is 27.5 Å². The summed E-state index contributed by atoms with van der Waals surface area (Å²) in [5.74, 6) is -0.813. The van der Waals surface area contributed by atoms with Crippen molar-refractivity contribution in [3.63, 3.8) is 0 Å². The lowest BCUT2D eigenvalue weighted by molar-refractivity contribution is -0.121. The minimum absolute atomic E-state index is 0.231. The molecular weight excluding hydrogens is 510 g/mol. The Labute approximate surface area is 192 Å². The highest BCUT2D eigenvalue weighted by atomic mass is 79.9. The van der Waals surface area contributed by atoms with Gasteiger partial charge in [-0.3, -0.25) is 9.10 Å². The number of hydrogen-bond acceptors (Lipinski definition) is 7. The average Bonchev–Trinajstić information content (AvgIpc) is 3.06. The zero-order valence-corrected chi connectivity index (χ0v) is 20.3. The number of aryl methyl sites for hydroxylation is 1. The summed E-state index contributed by atoms with van der Waals surface area (Å²) in [4.78, 5) is 24.9. The van der Waals surface area contributed by atoms with Crippen molar-refractivity contribution in [2.24, 2.45) is 0 Å². The van der Waals surface area contributed by atoms with Crippen LogP contribution in [0, 0.1) is 6.92 Å². The van der Waals surface area contributed by atoms with Gasteiger partial charge in [-0.1, -0.05) is 11.3 Å². The summed E-state index contributed by atoms with van der Waals surface area (Å²) in [5, 5.41) is 5.67. The fraction of sp³-hybridized carbons (Fsp3) is 0.368. The van der Waals surface area contributed by atoms with Crippen molar-refractivity contribution in [2.75, 3.05) is 28.7 Å². The lowest BCUT2D eigenvalue weighted by atomic mass is 10.0. The van der Waals surface area contributed by atoms with Crippen LogP contribution in [0.3, 0.4) is 0 Å². The number of nitrogens with zero attached hydrogens (tertiary/aromatic N) is 1. The molecular formula is C19H22BrN3O6S2. The predicted octanol–water partition coefficient (Wildman–Crippen LogP) is 3.45. The van der Waals surface area contributed by atoms with Crippen LogP contribution in [0.1, 0.15) is 19.4 Å². The van der Waals surface area contributed by atoms with Crippen LogP contribution >= 0.6 is 27.3 Å². The van der Waals surface area contributed by atoms with E-state index >= 15 is 0 Å². The molecule has 31 heavy (non-hydrogen) atoms. The van der Waals surface area contributed by atoms with Crippen LogP contribution in [-0.2, 0) is 19.6 Å². The largest absolute Gasteiger partial charge is 0.414 e. The molecule has 0 radical (unpaired) electrons. The standard InChI is InChI=1S/C19H22BrN3O6S2/c1-12-10-13(4-5-14(12)23-8-9-28-11-31(23,26)27)21-17(24)19(2,3)22-18(25)29-16-7-6-15(20)30-16/h4-7,10H,8-9,11H2,1-3H3,(H,21,24)(H,22,25). The second-order valence-electron chi connectivity index (χ2n) is 7.36. The summed E-state index contributed by atoms with van der Waals surface area (Å²) in [7, 11) is -3.54. The molecule has 1 saturated heterocycles. The van der Waals surface area contributed by atoms with Gasteiger partial charge in [0, 0.05) is 5.69 Å². The van der Waals surface area contributed by atoms with Crippen molar-refractivity contribution >= 4 is 60.7 Å². The molecule has 1 fully saturated rings. The Kier molecular flexibility index (Phi) is 6.94. The number of nitrogens with one attached hydrogen (secondary N) is 2. The van der Waals surface area contributed by atoms with E-state index in [9.17, 15) is 18.0 Å². The second-order valence-corrected chi connectivity index (χ2v) is 11.6. The van der Waals surface area contributed by atoms with Gasteiger partial charge in [0.15, 0.2) is 11.0 Å². The molecule has 2 N–H and O–H groups in total. The number of rotatable bonds is 5. The van der Waals surface area contributed by atoms with Crippen molar-refractivity contribution in [2.45, 2.75) is 26.3 Å². The van der Waals surface area contributed by atoms with Crippen LogP contribution in [0.2, 0.25) is 0 Å². The molecule has 9 nitrogen and oxygen atoms in total. The smallest absolute Gasteiger partial charge is 0.399 e. The van der Waals surface area contributed by atoms with Gasteiger partial charge < -0.3 is 20.1 Å². The van der Waals surface area contributed by atoms with Crippen LogP contribution in [-0.4, -0.2) is 45.0 Å². The molecule has 0 unspecified atom stereocenters. The van der Waals surface area contributed by atoms with E-state index in [0.717, 1.165) is 3.79 Å². The molecule has 12 heteroatoms. The van der Waals surface area contributed by atoms with E-state index in [1.165, 1.54) is 15.6 Å². The summed E-state index contributed by atoms with van der Waals surface area (Å²) >= 11 is 4.53. The Morgan fingerprint density at radius 1 is 1.26 bits per heavy atom. The molecule has 0 spiro atoms. The zero-order chi connectivity index (χ0) is 22.8. The first kappa shape index (κ1) is 23.5. The van der Waals surface area contributed by atoms with Gasteiger partial charge in [-0.15, -0.1) is 0 Å². The fourth-order valence-electron chi connectivity index (χ4n) is 2.87. The second kappa shape index (κ2) is 9.15. The van der Waals surface area contributed by atoms with E-state index in [1.54, 1.807) is 51.1 Å². The van der Waals surface area contributed by atoms with Crippen molar-refractivity contribution in [1.29, 1.82) is 0 Å². The number of carbonyl (C=O) groups is 2. The lowest BCUT2D eigenvalue weighted by Crippen LogP contribution is -2.53. The van der Waals surface area contributed by atoms with Gasteiger partial charge in [-0.05, 0) is 72.6 Å².